The van der Waals surface area contributed by atoms with E-state index < -0.39 is 0 Å². The number of methoxy groups -OCH3 is 1. The summed E-state index contributed by atoms with van der Waals surface area (Å²) in [4.78, 5) is 12.6. The molecule has 0 radical (unpaired) electrons. The van der Waals surface area contributed by atoms with Crippen LogP contribution in [0.5, 0.6) is 11.5 Å². The van der Waals surface area contributed by atoms with Gasteiger partial charge in [0.05, 0.1) is 12.8 Å². The predicted octanol–water partition coefficient (Wildman–Crippen LogP) is 5.90. The number of fused-ring (bicyclic) bond motifs is 3. The van der Waals surface area contributed by atoms with Crippen molar-refractivity contribution >= 4 is 22.4 Å². The first-order valence-corrected chi connectivity index (χ1v) is 10.4. The Morgan fingerprint density at radius 2 is 1.71 bits per heavy atom. The van der Waals surface area contributed by atoms with Crippen LogP contribution >= 0.6 is 0 Å². The minimum absolute atomic E-state index is 0.0245. The van der Waals surface area contributed by atoms with Gasteiger partial charge < -0.3 is 14.8 Å². The minimum atomic E-state index is -0.0432. The Morgan fingerprint density at radius 1 is 0.903 bits per heavy atom. The van der Waals surface area contributed by atoms with Gasteiger partial charge in [-0.15, -0.1) is 0 Å². The van der Waals surface area contributed by atoms with Crippen molar-refractivity contribution < 1.29 is 14.3 Å². The molecule has 4 aromatic carbocycles. The van der Waals surface area contributed by atoms with Crippen LogP contribution in [0.25, 0.3) is 10.8 Å². The van der Waals surface area contributed by atoms with E-state index in [0.717, 1.165) is 33.2 Å². The van der Waals surface area contributed by atoms with Crippen molar-refractivity contribution in [1.29, 1.82) is 0 Å². The van der Waals surface area contributed by atoms with Crippen LogP contribution in [0.2, 0.25) is 0 Å². The predicted molar refractivity (Wildman–Crippen MR) is 123 cm³/mol. The lowest BCUT2D eigenvalue weighted by Gasteiger charge is -2.28. The smallest absolute Gasteiger partial charge is 0.225 e. The van der Waals surface area contributed by atoms with Crippen molar-refractivity contribution in [2.45, 2.75) is 18.9 Å². The molecule has 5 rings (SSSR count). The van der Waals surface area contributed by atoms with E-state index in [4.69, 9.17) is 9.47 Å². The first-order valence-electron chi connectivity index (χ1n) is 10.4. The number of carbonyl (C=O) groups excluding carboxylic acids is 1. The summed E-state index contributed by atoms with van der Waals surface area (Å²) in [6.45, 7) is 0.451. The van der Waals surface area contributed by atoms with Crippen LogP contribution in [0.15, 0.2) is 84.9 Å². The molecule has 1 aliphatic rings. The van der Waals surface area contributed by atoms with Crippen LogP contribution in [-0.4, -0.2) is 13.0 Å². The van der Waals surface area contributed by atoms with Gasteiger partial charge in [0, 0.05) is 17.7 Å². The van der Waals surface area contributed by atoms with Crippen molar-refractivity contribution in [3.8, 4) is 11.5 Å². The number of amides is 1. The molecule has 0 aromatic heterocycles. The van der Waals surface area contributed by atoms with Gasteiger partial charge in [-0.25, -0.2) is 0 Å². The summed E-state index contributed by atoms with van der Waals surface area (Å²) in [6.07, 6.45) is 0.399. The molecule has 1 N–H and O–H groups in total. The zero-order valence-electron chi connectivity index (χ0n) is 17.3. The lowest BCUT2D eigenvalue weighted by atomic mass is 9.83. The van der Waals surface area contributed by atoms with E-state index in [2.05, 4.69) is 29.6 Å². The average molecular weight is 409 g/mol. The monoisotopic (exact) mass is 409 g/mol. The molecule has 154 valence electrons. The van der Waals surface area contributed by atoms with E-state index >= 15 is 0 Å². The normalized spacial score (nSPS) is 15.3. The van der Waals surface area contributed by atoms with Gasteiger partial charge >= 0.3 is 0 Å². The van der Waals surface area contributed by atoms with Crippen LogP contribution in [0.3, 0.4) is 0 Å². The van der Waals surface area contributed by atoms with Crippen molar-refractivity contribution in [2.75, 3.05) is 12.4 Å². The van der Waals surface area contributed by atoms with Crippen molar-refractivity contribution in [1.82, 2.24) is 0 Å². The van der Waals surface area contributed by atoms with E-state index in [1.54, 1.807) is 7.11 Å². The molecular weight excluding hydrogens is 386 g/mol. The van der Waals surface area contributed by atoms with Crippen molar-refractivity contribution in [3.05, 3.63) is 102 Å². The molecular formula is C27H23NO3. The summed E-state index contributed by atoms with van der Waals surface area (Å²) in [5.41, 5.74) is 4.15. The minimum Gasteiger partial charge on any atom is -0.493 e. The molecule has 0 bridgehead atoms. The Labute approximate surface area is 181 Å². The molecule has 1 aliphatic heterocycles. The van der Waals surface area contributed by atoms with E-state index in [1.807, 2.05) is 60.7 Å². The van der Waals surface area contributed by atoms with Crippen LogP contribution < -0.4 is 14.8 Å². The third-order valence-electron chi connectivity index (χ3n) is 5.82. The lowest BCUT2D eigenvalue weighted by Crippen LogP contribution is -2.23. The van der Waals surface area contributed by atoms with E-state index in [0.29, 0.717) is 24.5 Å². The number of rotatable bonds is 5. The van der Waals surface area contributed by atoms with Crippen LogP contribution in [-0.2, 0) is 11.4 Å². The summed E-state index contributed by atoms with van der Waals surface area (Å²) in [6, 6.07) is 28.4. The maximum absolute atomic E-state index is 12.6. The Hall–Kier alpha value is -3.79. The Bertz CT molecular complexity index is 1250. The summed E-state index contributed by atoms with van der Waals surface area (Å²) in [5, 5.41) is 5.27. The summed E-state index contributed by atoms with van der Waals surface area (Å²) >= 11 is 0. The maximum atomic E-state index is 12.6. The summed E-state index contributed by atoms with van der Waals surface area (Å²) in [7, 11) is 1.64. The van der Waals surface area contributed by atoms with E-state index in [1.165, 1.54) is 0 Å². The molecule has 1 heterocycles. The number of hydrogen-bond acceptors (Lipinski definition) is 3. The second kappa shape index (κ2) is 8.15. The highest BCUT2D eigenvalue weighted by atomic mass is 16.5. The Balaban J connectivity index is 1.53. The number of carbonyl (C=O) groups is 1. The Morgan fingerprint density at radius 3 is 2.55 bits per heavy atom. The third-order valence-corrected chi connectivity index (χ3v) is 5.82. The van der Waals surface area contributed by atoms with Crippen molar-refractivity contribution in [2.24, 2.45) is 0 Å². The average Bonchev–Trinajstić information content (AvgIpc) is 2.82. The summed E-state index contributed by atoms with van der Waals surface area (Å²) in [5.74, 6) is 1.34. The van der Waals surface area contributed by atoms with Gasteiger partial charge in [-0.05, 0) is 34.2 Å². The largest absolute Gasteiger partial charge is 0.493 e. The highest BCUT2D eigenvalue weighted by Crippen LogP contribution is 2.42. The molecule has 0 saturated carbocycles. The van der Waals surface area contributed by atoms with Gasteiger partial charge in [0.25, 0.3) is 0 Å². The van der Waals surface area contributed by atoms with Crippen molar-refractivity contribution in [3.63, 3.8) is 0 Å². The molecule has 4 aromatic rings. The first kappa shape index (κ1) is 19.2. The molecule has 0 unspecified atom stereocenters. The van der Waals surface area contributed by atoms with Crippen LogP contribution in [0, 0.1) is 0 Å². The van der Waals surface area contributed by atoms with Crippen LogP contribution in [0.1, 0.15) is 29.0 Å². The second-order valence-corrected chi connectivity index (χ2v) is 7.74. The number of benzene rings is 4. The van der Waals surface area contributed by atoms with Gasteiger partial charge in [-0.2, -0.15) is 0 Å². The van der Waals surface area contributed by atoms with Gasteiger partial charge in [0.1, 0.15) is 6.61 Å². The fourth-order valence-corrected chi connectivity index (χ4v) is 4.26. The van der Waals surface area contributed by atoms with Gasteiger partial charge in [0.2, 0.25) is 5.91 Å². The molecule has 31 heavy (non-hydrogen) atoms. The van der Waals surface area contributed by atoms with E-state index in [-0.39, 0.29) is 11.8 Å². The number of anilines is 1. The fourth-order valence-electron chi connectivity index (χ4n) is 4.26. The summed E-state index contributed by atoms with van der Waals surface area (Å²) < 4.78 is 11.6. The number of nitrogens with one attached hydrogen (secondary N) is 1. The molecule has 1 atom stereocenters. The quantitative estimate of drug-likeness (QED) is 0.446. The standard InChI is InChI=1S/C27H23NO3/c1-30-24-14-12-20(15-25(24)31-17-18-7-3-2-4-8-18)23-16-26(29)28-27-21-10-6-5-9-19(21)11-13-22(23)27/h2-15,23H,16-17H2,1H3,(H,28,29)/t23-/m0/s1. The molecule has 0 fully saturated rings. The van der Waals surface area contributed by atoms with E-state index in [9.17, 15) is 4.79 Å². The highest BCUT2D eigenvalue weighted by molar-refractivity contribution is 6.06. The zero-order valence-corrected chi connectivity index (χ0v) is 17.3. The number of ether oxygens (including phenoxy) is 2. The van der Waals surface area contributed by atoms with Gasteiger partial charge in [-0.1, -0.05) is 72.8 Å². The molecule has 0 aliphatic carbocycles. The first-order chi connectivity index (χ1) is 15.2. The molecule has 0 saturated heterocycles. The second-order valence-electron chi connectivity index (χ2n) is 7.74. The fraction of sp³-hybridized carbons (Fsp3) is 0.148. The third kappa shape index (κ3) is 3.73. The maximum Gasteiger partial charge on any atom is 0.225 e. The molecule has 1 amide bonds. The lowest BCUT2D eigenvalue weighted by molar-refractivity contribution is -0.116. The highest BCUT2D eigenvalue weighted by Gasteiger charge is 2.28. The molecule has 0 spiro atoms. The zero-order chi connectivity index (χ0) is 21.2. The topological polar surface area (TPSA) is 47.6 Å². The molecule has 4 heteroatoms. The molecule has 4 nitrogen and oxygen atoms in total. The Kier molecular flexibility index (Phi) is 5.04. The van der Waals surface area contributed by atoms with Gasteiger partial charge in [-0.3, -0.25) is 4.79 Å². The number of hydrogen-bond donors (Lipinski definition) is 1. The van der Waals surface area contributed by atoms with Gasteiger partial charge in [0.15, 0.2) is 11.5 Å². The SMILES string of the molecule is COc1ccc([C@@H]2CC(=O)Nc3c2ccc2ccccc32)cc1OCc1ccccc1. The van der Waals surface area contributed by atoms with Crippen LogP contribution in [0.4, 0.5) is 5.69 Å².